The van der Waals surface area contributed by atoms with Gasteiger partial charge < -0.3 is 25.3 Å². The van der Waals surface area contributed by atoms with Gasteiger partial charge >= 0.3 is 0 Å². The summed E-state index contributed by atoms with van der Waals surface area (Å²) in [6, 6.07) is 23.5. The van der Waals surface area contributed by atoms with Gasteiger partial charge in [-0.3, -0.25) is 9.59 Å². The Labute approximate surface area is 228 Å². The minimum absolute atomic E-state index is 0.0470. The Kier molecular flexibility index (Phi) is 5.91. The van der Waals surface area contributed by atoms with E-state index in [1.54, 1.807) is 29.6 Å². The zero-order valence-electron chi connectivity index (χ0n) is 20.3. The summed E-state index contributed by atoms with van der Waals surface area (Å²) in [5, 5.41) is 6.36. The smallest absolute Gasteiger partial charge is 0.251 e. The standard InChI is InChI=1S/C29H24N4O3S2/c34-26-16-18(33-10-12-36-13-11-33)15-22(31-26)20-5-3-7-24-28(20)38-23-9-8-17(14-25(23)37-24)30-27-19-4-1-2-6-21(19)32-29(27)35/h1-9,14-16,27,30H,10-13H2,(H,31,34)(H,32,35). The molecule has 0 aliphatic carbocycles. The maximum atomic E-state index is 12.6. The van der Waals surface area contributed by atoms with Crippen molar-refractivity contribution in [2.75, 3.05) is 41.8 Å². The number of pyridine rings is 1. The van der Waals surface area contributed by atoms with Crippen molar-refractivity contribution in [2.24, 2.45) is 0 Å². The highest BCUT2D eigenvalue weighted by Gasteiger charge is 2.30. The predicted molar refractivity (Wildman–Crippen MR) is 152 cm³/mol. The minimum Gasteiger partial charge on any atom is -0.378 e. The van der Waals surface area contributed by atoms with Crippen LogP contribution in [0.1, 0.15) is 11.6 Å². The number of anilines is 3. The summed E-state index contributed by atoms with van der Waals surface area (Å²) < 4.78 is 5.48. The van der Waals surface area contributed by atoms with Crippen molar-refractivity contribution in [2.45, 2.75) is 25.6 Å². The molecule has 7 rings (SSSR count). The van der Waals surface area contributed by atoms with Crippen LogP contribution in [0.4, 0.5) is 17.1 Å². The molecule has 1 fully saturated rings. The van der Waals surface area contributed by atoms with Gasteiger partial charge in [0.1, 0.15) is 6.04 Å². The number of morpholine rings is 1. The van der Waals surface area contributed by atoms with Crippen LogP contribution in [-0.2, 0) is 9.53 Å². The fourth-order valence-corrected chi connectivity index (χ4v) is 7.51. The molecule has 0 bridgehead atoms. The van der Waals surface area contributed by atoms with Gasteiger partial charge in [0.2, 0.25) is 5.56 Å². The molecule has 3 aromatic carbocycles. The lowest BCUT2D eigenvalue weighted by molar-refractivity contribution is -0.116. The molecule has 3 aliphatic heterocycles. The van der Waals surface area contributed by atoms with Crippen molar-refractivity contribution in [1.29, 1.82) is 0 Å². The Balaban J connectivity index is 1.18. The molecule has 0 radical (unpaired) electrons. The van der Waals surface area contributed by atoms with E-state index in [-0.39, 0.29) is 11.5 Å². The Morgan fingerprint density at radius 2 is 1.74 bits per heavy atom. The molecule has 190 valence electrons. The Hall–Kier alpha value is -3.66. The topological polar surface area (TPSA) is 86.5 Å². The molecule has 4 heterocycles. The van der Waals surface area contributed by atoms with Crippen molar-refractivity contribution in [3.63, 3.8) is 0 Å². The Morgan fingerprint density at radius 1 is 0.868 bits per heavy atom. The third-order valence-electron chi connectivity index (χ3n) is 6.95. The summed E-state index contributed by atoms with van der Waals surface area (Å²) in [5.41, 5.74) is 5.36. The number of carbonyl (C=O) groups is 1. The zero-order valence-corrected chi connectivity index (χ0v) is 22.0. The fourth-order valence-electron chi connectivity index (χ4n) is 5.10. The molecule has 1 unspecified atom stereocenters. The highest BCUT2D eigenvalue weighted by molar-refractivity contribution is 8.05. The molecule has 1 atom stereocenters. The van der Waals surface area contributed by atoms with Crippen LogP contribution in [0.5, 0.6) is 0 Å². The van der Waals surface area contributed by atoms with E-state index in [1.165, 1.54) is 0 Å². The number of amides is 1. The maximum Gasteiger partial charge on any atom is 0.251 e. The summed E-state index contributed by atoms with van der Waals surface area (Å²) in [4.78, 5) is 35.0. The maximum absolute atomic E-state index is 12.6. The first-order chi connectivity index (χ1) is 18.6. The van der Waals surface area contributed by atoms with Gasteiger partial charge in [-0.15, -0.1) is 0 Å². The van der Waals surface area contributed by atoms with Crippen LogP contribution >= 0.6 is 23.5 Å². The van der Waals surface area contributed by atoms with Gasteiger partial charge in [0.05, 0.1) is 18.9 Å². The Morgan fingerprint density at radius 3 is 2.63 bits per heavy atom. The summed E-state index contributed by atoms with van der Waals surface area (Å²) in [5.74, 6) is -0.0470. The molecule has 0 saturated carbocycles. The monoisotopic (exact) mass is 540 g/mol. The number of benzene rings is 3. The second-order valence-corrected chi connectivity index (χ2v) is 11.5. The van der Waals surface area contributed by atoms with Crippen LogP contribution in [0, 0.1) is 0 Å². The summed E-state index contributed by atoms with van der Waals surface area (Å²) in [7, 11) is 0. The van der Waals surface area contributed by atoms with Gasteiger partial charge in [0, 0.05) is 66.9 Å². The van der Waals surface area contributed by atoms with E-state index in [2.05, 4.69) is 50.8 Å². The molecule has 3 aliphatic rings. The SMILES string of the molecule is O=C1Nc2ccccc2C1Nc1ccc2c(c1)Sc1cccc(-c3cc(N4CCOCC4)cc(=O)[nH]3)c1S2. The first-order valence-corrected chi connectivity index (χ1v) is 14.1. The van der Waals surface area contributed by atoms with Crippen molar-refractivity contribution in [3.8, 4) is 11.3 Å². The summed E-state index contributed by atoms with van der Waals surface area (Å²) in [6.07, 6.45) is 0. The third-order valence-corrected chi connectivity index (χ3v) is 9.55. The van der Waals surface area contributed by atoms with Gasteiger partial charge in [0.25, 0.3) is 5.91 Å². The zero-order chi connectivity index (χ0) is 25.6. The van der Waals surface area contributed by atoms with Gasteiger partial charge in [-0.05, 0) is 36.4 Å². The van der Waals surface area contributed by atoms with E-state index in [4.69, 9.17) is 4.74 Å². The summed E-state index contributed by atoms with van der Waals surface area (Å²) >= 11 is 3.41. The number of nitrogens with zero attached hydrogens (tertiary/aromatic N) is 1. The largest absolute Gasteiger partial charge is 0.378 e. The lowest BCUT2D eigenvalue weighted by atomic mass is 10.1. The van der Waals surface area contributed by atoms with Crippen LogP contribution in [0.3, 0.4) is 0 Å². The average molecular weight is 541 g/mol. The Bertz CT molecular complexity index is 1630. The third kappa shape index (κ3) is 4.26. The second-order valence-electron chi connectivity index (χ2n) is 9.37. The molecule has 1 aromatic heterocycles. The molecule has 3 N–H and O–H groups in total. The quantitative estimate of drug-likeness (QED) is 0.274. The van der Waals surface area contributed by atoms with Crippen LogP contribution in [0.2, 0.25) is 0 Å². The number of H-pyrrole nitrogens is 1. The molecule has 38 heavy (non-hydrogen) atoms. The van der Waals surface area contributed by atoms with Crippen molar-refractivity contribution in [1.82, 2.24) is 4.98 Å². The lowest BCUT2D eigenvalue weighted by Gasteiger charge is -2.29. The van der Waals surface area contributed by atoms with Gasteiger partial charge in [-0.1, -0.05) is 53.9 Å². The first kappa shape index (κ1) is 23.5. The van der Waals surface area contributed by atoms with Gasteiger partial charge in [0.15, 0.2) is 0 Å². The molecule has 7 nitrogen and oxygen atoms in total. The van der Waals surface area contributed by atoms with E-state index in [0.29, 0.717) is 13.2 Å². The van der Waals surface area contributed by atoms with Crippen LogP contribution in [0.15, 0.2) is 97.2 Å². The van der Waals surface area contributed by atoms with Gasteiger partial charge in [-0.2, -0.15) is 0 Å². The molecule has 0 spiro atoms. The number of para-hydroxylation sites is 1. The number of rotatable bonds is 4. The van der Waals surface area contributed by atoms with Crippen LogP contribution in [0.25, 0.3) is 11.3 Å². The highest BCUT2D eigenvalue weighted by atomic mass is 32.2. The normalized spacial score (nSPS) is 17.8. The minimum atomic E-state index is -0.417. The number of aromatic amines is 1. The highest BCUT2D eigenvalue weighted by Crippen LogP contribution is 2.52. The number of hydrogen-bond acceptors (Lipinski definition) is 7. The van der Waals surface area contributed by atoms with Crippen molar-refractivity contribution < 1.29 is 9.53 Å². The van der Waals surface area contributed by atoms with E-state index in [1.807, 2.05) is 36.4 Å². The van der Waals surface area contributed by atoms with Crippen molar-refractivity contribution >= 4 is 46.5 Å². The van der Waals surface area contributed by atoms with E-state index < -0.39 is 6.04 Å². The summed E-state index contributed by atoms with van der Waals surface area (Å²) in [6.45, 7) is 2.89. The predicted octanol–water partition coefficient (Wildman–Crippen LogP) is 5.60. The average Bonchev–Trinajstić information content (AvgIpc) is 3.26. The van der Waals surface area contributed by atoms with Crippen molar-refractivity contribution in [3.05, 3.63) is 88.7 Å². The first-order valence-electron chi connectivity index (χ1n) is 12.5. The molecule has 9 heteroatoms. The number of fused-ring (bicyclic) bond motifs is 3. The number of hydrogen-bond donors (Lipinski definition) is 3. The number of aromatic nitrogens is 1. The fraction of sp³-hybridized carbons (Fsp3) is 0.172. The molecular formula is C29H24N4O3S2. The number of carbonyl (C=O) groups excluding carboxylic acids is 1. The van der Waals surface area contributed by atoms with Crippen LogP contribution in [-0.4, -0.2) is 37.2 Å². The number of nitrogens with one attached hydrogen (secondary N) is 3. The molecule has 1 saturated heterocycles. The van der Waals surface area contributed by atoms with E-state index in [0.717, 1.165) is 66.6 Å². The second kappa shape index (κ2) is 9.58. The lowest BCUT2D eigenvalue weighted by Crippen LogP contribution is -2.36. The van der Waals surface area contributed by atoms with E-state index in [9.17, 15) is 9.59 Å². The van der Waals surface area contributed by atoms with Crippen LogP contribution < -0.4 is 21.1 Å². The molecule has 1 amide bonds. The van der Waals surface area contributed by atoms with E-state index >= 15 is 0 Å². The molecular weight excluding hydrogens is 516 g/mol. The number of ether oxygens (including phenoxy) is 1. The molecule has 4 aromatic rings. The van der Waals surface area contributed by atoms with Gasteiger partial charge in [-0.25, -0.2) is 0 Å².